The van der Waals surface area contributed by atoms with Crippen LogP contribution in [0.4, 0.5) is 9.18 Å². The SMILES string of the molecule is CCc1ccc2nc(C)c(OC3CC4C(=O)NC5(C(=O)NS(=O)(=O)C6(C)CC6)CC5C=CCCCCCC(NC(=O)OC(C)C)C(=O)N4C3)c(C(C)F)c2c1. The molecule has 0 radical (unpaired) electrons. The van der Waals surface area contributed by atoms with Gasteiger partial charge in [-0.1, -0.05) is 38.0 Å². The van der Waals surface area contributed by atoms with Gasteiger partial charge in [-0.25, -0.2) is 22.6 Å². The molecule has 4 aliphatic rings. The molecule has 1 aromatic heterocycles. The Hall–Kier alpha value is -4.27. The van der Waals surface area contributed by atoms with Gasteiger partial charge in [-0.15, -0.1) is 0 Å². The van der Waals surface area contributed by atoms with E-state index in [4.69, 9.17) is 14.5 Å². The molecule has 2 aromatic rings. The number of allylic oxidation sites excluding steroid dienone is 1. The summed E-state index contributed by atoms with van der Waals surface area (Å²) in [5.74, 6) is -2.25. The van der Waals surface area contributed by atoms with Crippen LogP contribution in [0.5, 0.6) is 5.75 Å². The summed E-state index contributed by atoms with van der Waals surface area (Å²) >= 11 is 0. The minimum absolute atomic E-state index is 0.0259. The molecule has 6 atom stereocenters. The quantitative estimate of drug-likeness (QED) is 0.282. The fraction of sp³-hybridized carbons (Fsp3) is 0.625. The number of aryl methyl sites for hydroxylation is 2. The van der Waals surface area contributed by atoms with Crippen LogP contribution in [0.3, 0.4) is 0 Å². The summed E-state index contributed by atoms with van der Waals surface area (Å²) in [4.78, 5) is 61.7. The number of pyridine rings is 1. The van der Waals surface area contributed by atoms with Gasteiger partial charge in [0.05, 0.1) is 28.6 Å². The van der Waals surface area contributed by atoms with E-state index in [1.54, 1.807) is 27.7 Å². The number of halogens is 1. The molecule has 6 unspecified atom stereocenters. The van der Waals surface area contributed by atoms with Gasteiger partial charge in [0.1, 0.15) is 35.6 Å². The Kier molecular flexibility index (Phi) is 11.5. The maximum atomic E-state index is 15.6. The first-order chi connectivity index (χ1) is 26.0. The number of nitrogens with zero attached hydrogens (tertiary/aromatic N) is 2. The van der Waals surface area contributed by atoms with Crippen LogP contribution < -0.4 is 20.1 Å². The van der Waals surface area contributed by atoms with E-state index in [2.05, 4.69) is 15.4 Å². The van der Waals surface area contributed by atoms with Gasteiger partial charge in [-0.2, -0.15) is 0 Å². The first-order valence-corrected chi connectivity index (χ1v) is 21.0. The Morgan fingerprint density at radius 2 is 1.89 bits per heavy atom. The highest BCUT2D eigenvalue weighted by atomic mass is 32.2. The number of carbonyl (C=O) groups excluding carboxylic acids is 4. The van der Waals surface area contributed by atoms with Crippen LogP contribution in [-0.4, -0.2) is 83.2 Å². The number of nitrogens with one attached hydrogen (secondary N) is 3. The molecule has 3 N–H and O–H groups in total. The van der Waals surface area contributed by atoms with Crippen LogP contribution in [-0.2, 0) is 35.6 Å². The Morgan fingerprint density at radius 3 is 2.56 bits per heavy atom. The van der Waals surface area contributed by atoms with Crippen LogP contribution in [0.25, 0.3) is 10.9 Å². The monoisotopic (exact) mass is 783 g/mol. The first-order valence-electron chi connectivity index (χ1n) is 19.6. The molecule has 300 valence electrons. The first kappa shape index (κ1) is 40.4. The van der Waals surface area contributed by atoms with Gasteiger partial charge in [-0.05, 0) is 97.3 Å². The van der Waals surface area contributed by atoms with Crippen molar-refractivity contribution in [2.24, 2.45) is 5.92 Å². The van der Waals surface area contributed by atoms with E-state index in [-0.39, 0.29) is 31.6 Å². The van der Waals surface area contributed by atoms with E-state index in [9.17, 15) is 27.6 Å². The lowest BCUT2D eigenvalue weighted by Crippen LogP contribution is -2.58. The highest BCUT2D eigenvalue weighted by Gasteiger charge is 2.63. The normalized spacial score (nSPS) is 27.2. The molecule has 1 aromatic carbocycles. The van der Waals surface area contributed by atoms with Gasteiger partial charge in [0.25, 0.3) is 5.91 Å². The number of ether oxygens (including phenoxy) is 2. The number of amides is 4. The van der Waals surface area contributed by atoms with Crippen LogP contribution in [0, 0.1) is 12.8 Å². The second kappa shape index (κ2) is 15.7. The van der Waals surface area contributed by atoms with Gasteiger partial charge in [0.15, 0.2) is 0 Å². The number of hydrogen-bond acceptors (Lipinski definition) is 9. The van der Waals surface area contributed by atoms with Crippen molar-refractivity contribution in [2.45, 2.75) is 146 Å². The number of rotatable bonds is 9. The average Bonchev–Trinajstić information content (AvgIpc) is 3.99. The van der Waals surface area contributed by atoms with E-state index in [1.165, 1.54) is 11.8 Å². The van der Waals surface area contributed by atoms with Crippen LogP contribution in [0.2, 0.25) is 0 Å². The zero-order valence-electron chi connectivity index (χ0n) is 32.6. The van der Waals surface area contributed by atoms with Crippen molar-refractivity contribution < 1.29 is 41.5 Å². The summed E-state index contributed by atoms with van der Waals surface area (Å²) in [7, 11) is -4.01. The molecule has 0 spiro atoms. The molecule has 3 heterocycles. The van der Waals surface area contributed by atoms with Crippen LogP contribution >= 0.6 is 0 Å². The molecule has 2 aliphatic carbocycles. The standard InChI is InChI=1S/C40H54FN5O8S/c1-7-26-15-16-30-29(19-26)33(24(4)41)34(25(5)42-30)54-28-20-32-35(47)44-40(37(49)45-55(51,52)39(6)17-18-39)21-27(40)13-11-9-8-10-12-14-31(36(48)46(32)22-28)43-38(50)53-23(2)3/h11,13,15-16,19,23-24,27-28,31-32H,7-10,12,14,17-18,20-22H2,1-6H3,(H,43,50)(H,44,47)(H,45,49). The topological polar surface area (TPSA) is 173 Å². The minimum atomic E-state index is -4.01. The van der Waals surface area contributed by atoms with E-state index >= 15 is 4.39 Å². The molecule has 6 rings (SSSR count). The van der Waals surface area contributed by atoms with Crippen molar-refractivity contribution in [3.8, 4) is 5.75 Å². The van der Waals surface area contributed by atoms with Crippen molar-refractivity contribution >= 4 is 44.7 Å². The molecule has 15 heteroatoms. The smallest absolute Gasteiger partial charge is 0.408 e. The van der Waals surface area contributed by atoms with Gasteiger partial charge < -0.3 is 25.0 Å². The average molecular weight is 784 g/mol. The Morgan fingerprint density at radius 1 is 1.15 bits per heavy atom. The molecule has 2 aliphatic heterocycles. The Labute approximate surface area is 322 Å². The number of alkyl carbamates (subject to hydrolysis) is 1. The predicted molar refractivity (Wildman–Crippen MR) is 204 cm³/mol. The van der Waals surface area contributed by atoms with E-state index in [0.717, 1.165) is 24.8 Å². The number of benzene rings is 1. The molecule has 4 amide bonds. The maximum Gasteiger partial charge on any atom is 0.408 e. The van der Waals surface area contributed by atoms with E-state index in [1.807, 2.05) is 37.3 Å². The van der Waals surface area contributed by atoms with Gasteiger partial charge >= 0.3 is 6.09 Å². The largest absolute Gasteiger partial charge is 0.486 e. The van der Waals surface area contributed by atoms with Crippen molar-refractivity contribution in [3.63, 3.8) is 0 Å². The number of sulfonamides is 1. The molecular weight excluding hydrogens is 730 g/mol. The summed E-state index contributed by atoms with van der Waals surface area (Å²) in [5, 5.41) is 6.19. The highest BCUT2D eigenvalue weighted by molar-refractivity contribution is 7.91. The zero-order chi connectivity index (χ0) is 39.9. The molecular formula is C40H54FN5O8S. The van der Waals surface area contributed by atoms with Gasteiger partial charge in [0.2, 0.25) is 21.8 Å². The van der Waals surface area contributed by atoms with Crippen molar-refractivity contribution in [1.29, 1.82) is 0 Å². The minimum Gasteiger partial charge on any atom is -0.486 e. The van der Waals surface area contributed by atoms with Crippen LogP contribution in [0.15, 0.2) is 30.4 Å². The molecule has 1 saturated heterocycles. The highest BCUT2D eigenvalue weighted by Crippen LogP contribution is 2.48. The van der Waals surface area contributed by atoms with Crippen LogP contribution in [0.1, 0.15) is 115 Å². The fourth-order valence-corrected chi connectivity index (χ4v) is 9.02. The molecule has 2 saturated carbocycles. The number of aromatic nitrogens is 1. The van der Waals surface area contributed by atoms with Gasteiger partial charge in [-0.3, -0.25) is 19.1 Å². The number of hydrogen-bond donors (Lipinski definition) is 3. The summed E-state index contributed by atoms with van der Waals surface area (Å²) < 4.78 is 54.9. The predicted octanol–water partition coefficient (Wildman–Crippen LogP) is 5.38. The maximum absolute atomic E-state index is 15.6. The summed E-state index contributed by atoms with van der Waals surface area (Å²) in [6.07, 6.45) is 5.15. The van der Waals surface area contributed by atoms with E-state index in [0.29, 0.717) is 47.8 Å². The van der Waals surface area contributed by atoms with Gasteiger partial charge in [0, 0.05) is 23.3 Å². The van der Waals surface area contributed by atoms with Crippen molar-refractivity contribution in [2.75, 3.05) is 6.54 Å². The zero-order valence-corrected chi connectivity index (χ0v) is 33.4. The number of alkyl halides is 1. The second-order valence-electron chi connectivity index (χ2n) is 16.1. The second-order valence-corrected chi connectivity index (χ2v) is 18.3. The molecule has 0 bridgehead atoms. The summed E-state index contributed by atoms with van der Waals surface area (Å²) in [5.41, 5.74) is 0.834. The molecule has 13 nitrogen and oxygen atoms in total. The number of fused-ring (bicyclic) bond motifs is 3. The third kappa shape index (κ3) is 8.46. The lowest BCUT2D eigenvalue weighted by molar-refractivity contribution is -0.141. The third-order valence-corrected chi connectivity index (χ3v) is 13.6. The molecule has 55 heavy (non-hydrogen) atoms. The lowest BCUT2D eigenvalue weighted by Gasteiger charge is -2.30. The lowest BCUT2D eigenvalue weighted by atomic mass is 10.00. The summed E-state index contributed by atoms with van der Waals surface area (Å²) in [6, 6.07) is 3.50. The Bertz CT molecular complexity index is 1980. The van der Waals surface area contributed by atoms with E-state index < -0.39 is 80.5 Å². The molecule has 3 fully saturated rings. The number of carbonyl (C=O) groups is 4. The third-order valence-electron chi connectivity index (χ3n) is 11.4. The fourth-order valence-electron chi connectivity index (χ4n) is 7.71. The van der Waals surface area contributed by atoms with Crippen molar-refractivity contribution in [3.05, 3.63) is 47.2 Å². The summed E-state index contributed by atoms with van der Waals surface area (Å²) in [6.45, 7) is 10.0. The van der Waals surface area contributed by atoms with Crippen molar-refractivity contribution in [1.82, 2.24) is 25.2 Å². The Balaban J connectivity index is 1.35.